The largest absolute Gasteiger partial charge is 0.352 e. The van der Waals surface area contributed by atoms with E-state index in [1.165, 1.54) is 29.2 Å². The number of carbonyl (C=O) groups is 2. The highest BCUT2D eigenvalue weighted by atomic mass is 35.5. The summed E-state index contributed by atoms with van der Waals surface area (Å²) in [6.07, 6.45) is 5.22. The first-order chi connectivity index (χ1) is 22.2. The second kappa shape index (κ2) is 15.6. The Morgan fingerprint density at radius 1 is 0.783 bits per heavy atom. The first kappa shape index (κ1) is 33.5. The second-order valence-corrected chi connectivity index (χ2v) is 14.2. The Kier molecular flexibility index (Phi) is 11.4. The van der Waals surface area contributed by atoms with Crippen LogP contribution in [0.1, 0.15) is 43.2 Å². The van der Waals surface area contributed by atoms with Crippen molar-refractivity contribution >= 4 is 50.7 Å². The molecular formula is C36H37Cl2N3O4S. The minimum atomic E-state index is -4.28. The zero-order valence-electron chi connectivity index (χ0n) is 25.4. The van der Waals surface area contributed by atoms with Gasteiger partial charge in [-0.15, -0.1) is 0 Å². The Morgan fingerprint density at radius 2 is 1.37 bits per heavy atom. The molecule has 0 bridgehead atoms. The van der Waals surface area contributed by atoms with Crippen LogP contribution >= 0.6 is 23.2 Å². The minimum absolute atomic E-state index is 0.00988. The SMILES string of the molecule is O=C(NC1CCCCC1)[C@@H](Cc1ccccc1)N(Cc1ccccc1)C(=O)CN(c1cc(Cl)ccc1Cl)S(=O)(=O)c1ccccc1. The minimum Gasteiger partial charge on any atom is -0.352 e. The van der Waals surface area contributed by atoms with Crippen LogP contribution in [0.4, 0.5) is 5.69 Å². The summed E-state index contributed by atoms with van der Waals surface area (Å²) < 4.78 is 29.3. The summed E-state index contributed by atoms with van der Waals surface area (Å²) in [5, 5.41) is 3.59. The van der Waals surface area contributed by atoms with Crippen molar-refractivity contribution < 1.29 is 18.0 Å². The number of nitrogens with zero attached hydrogens (tertiary/aromatic N) is 2. The molecule has 5 rings (SSSR count). The Balaban J connectivity index is 1.57. The summed E-state index contributed by atoms with van der Waals surface area (Å²) in [6.45, 7) is -0.510. The lowest BCUT2D eigenvalue weighted by Crippen LogP contribution is -2.55. The van der Waals surface area contributed by atoms with Gasteiger partial charge in [0.25, 0.3) is 10.0 Å². The van der Waals surface area contributed by atoms with Crippen molar-refractivity contribution in [2.75, 3.05) is 10.8 Å². The Hall–Kier alpha value is -3.85. The molecule has 4 aromatic rings. The number of anilines is 1. The van der Waals surface area contributed by atoms with Gasteiger partial charge in [-0.05, 0) is 54.3 Å². The fourth-order valence-corrected chi connectivity index (χ4v) is 7.67. The average molecular weight is 679 g/mol. The van der Waals surface area contributed by atoms with E-state index in [0.29, 0.717) is 0 Å². The van der Waals surface area contributed by atoms with Crippen LogP contribution in [0.25, 0.3) is 0 Å². The molecule has 4 aromatic carbocycles. The first-order valence-electron chi connectivity index (χ1n) is 15.4. The number of hydrogen-bond donors (Lipinski definition) is 1. The summed E-state index contributed by atoms with van der Waals surface area (Å²) in [5.41, 5.74) is 1.75. The predicted octanol–water partition coefficient (Wildman–Crippen LogP) is 7.28. The van der Waals surface area contributed by atoms with E-state index in [9.17, 15) is 18.0 Å². The maximum Gasteiger partial charge on any atom is 0.264 e. The van der Waals surface area contributed by atoms with Crippen molar-refractivity contribution in [2.45, 2.75) is 62.0 Å². The van der Waals surface area contributed by atoms with Gasteiger partial charge < -0.3 is 10.2 Å². The highest BCUT2D eigenvalue weighted by molar-refractivity contribution is 7.92. The molecule has 0 unspecified atom stereocenters. The van der Waals surface area contributed by atoms with Crippen LogP contribution in [-0.2, 0) is 32.6 Å². The maximum atomic E-state index is 14.6. The van der Waals surface area contributed by atoms with Gasteiger partial charge >= 0.3 is 0 Å². The molecule has 0 aromatic heterocycles. The van der Waals surface area contributed by atoms with E-state index < -0.39 is 28.5 Å². The number of amides is 2. The van der Waals surface area contributed by atoms with E-state index in [1.807, 2.05) is 60.7 Å². The van der Waals surface area contributed by atoms with Crippen LogP contribution in [0.15, 0.2) is 114 Å². The fourth-order valence-electron chi connectivity index (χ4n) is 5.79. The number of halogens is 2. The highest BCUT2D eigenvalue weighted by Crippen LogP contribution is 2.33. The number of benzene rings is 4. The molecule has 0 heterocycles. The third-order valence-electron chi connectivity index (χ3n) is 8.21. The van der Waals surface area contributed by atoms with E-state index in [4.69, 9.17) is 23.2 Å². The predicted molar refractivity (Wildman–Crippen MR) is 183 cm³/mol. The fraction of sp³-hybridized carbons (Fsp3) is 0.278. The van der Waals surface area contributed by atoms with Gasteiger partial charge in [-0.2, -0.15) is 0 Å². The monoisotopic (exact) mass is 677 g/mol. The molecule has 1 saturated carbocycles. The Bertz CT molecular complexity index is 1720. The van der Waals surface area contributed by atoms with Crippen molar-refractivity contribution in [1.29, 1.82) is 0 Å². The molecule has 1 aliphatic rings. The maximum absolute atomic E-state index is 14.6. The highest BCUT2D eigenvalue weighted by Gasteiger charge is 2.36. The third kappa shape index (κ3) is 8.49. The normalized spacial score (nSPS) is 14.3. The smallest absolute Gasteiger partial charge is 0.264 e. The molecule has 0 radical (unpaired) electrons. The number of nitrogens with one attached hydrogen (secondary N) is 1. The van der Waals surface area contributed by atoms with Gasteiger partial charge in [0, 0.05) is 24.0 Å². The Morgan fingerprint density at radius 3 is 2.00 bits per heavy atom. The molecule has 0 aliphatic heterocycles. The van der Waals surface area contributed by atoms with Crippen LogP contribution in [0.2, 0.25) is 10.0 Å². The first-order valence-corrected chi connectivity index (χ1v) is 17.6. The van der Waals surface area contributed by atoms with E-state index in [0.717, 1.165) is 47.5 Å². The molecule has 1 N–H and O–H groups in total. The molecule has 0 spiro atoms. The zero-order chi connectivity index (χ0) is 32.5. The molecule has 46 heavy (non-hydrogen) atoms. The lowest BCUT2D eigenvalue weighted by atomic mass is 9.94. The molecular weight excluding hydrogens is 641 g/mol. The lowest BCUT2D eigenvalue weighted by molar-refractivity contribution is -0.140. The van der Waals surface area contributed by atoms with Gasteiger partial charge in [-0.3, -0.25) is 13.9 Å². The van der Waals surface area contributed by atoms with Crippen LogP contribution in [0, 0.1) is 0 Å². The van der Waals surface area contributed by atoms with Crippen molar-refractivity contribution in [3.8, 4) is 0 Å². The van der Waals surface area contributed by atoms with Gasteiger partial charge in [0.05, 0.1) is 15.6 Å². The molecule has 10 heteroatoms. The van der Waals surface area contributed by atoms with E-state index in [-0.39, 0.29) is 45.5 Å². The van der Waals surface area contributed by atoms with Gasteiger partial charge in [0.15, 0.2) is 0 Å². The molecule has 7 nitrogen and oxygen atoms in total. The summed E-state index contributed by atoms with van der Waals surface area (Å²) in [6, 6.07) is 30.3. The van der Waals surface area contributed by atoms with Crippen LogP contribution in [0.3, 0.4) is 0 Å². The zero-order valence-corrected chi connectivity index (χ0v) is 27.7. The molecule has 1 aliphatic carbocycles. The van der Waals surface area contributed by atoms with Gasteiger partial charge in [0.2, 0.25) is 11.8 Å². The summed E-state index contributed by atoms with van der Waals surface area (Å²) in [5.74, 6) is -0.822. The summed E-state index contributed by atoms with van der Waals surface area (Å²) in [7, 11) is -4.28. The average Bonchev–Trinajstić information content (AvgIpc) is 3.08. The van der Waals surface area contributed by atoms with Crippen molar-refractivity contribution in [3.05, 3.63) is 130 Å². The lowest BCUT2D eigenvalue weighted by Gasteiger charge is -2.35. The van der Waals surface area contributed by atoms with Gasteiger partial charge in [0.1, 0.15) is 12.6 Å². The van der Waals surface area contributed by atoms with Gasteiger partial charge in [-0.1, -0.05) is 121 Å². The Labute approximate surface area is 281 Å². The van der Waals surface area contributed by atoms with Crippen molar-refractivity contribution in [3.63, 3.8) is 0 Å². The summed E-state index contributed by atoms with van der Waals surface area (Å²) in [4.78, 5) is 30.2. The van der Waals surface area contributed by atoms with Crippen molar-refractivity contribution in [1.82, 2.24) is 10.2 Å². The second-order valence-electron chi connectivity index (χ2n) is 11.5. The number of sulfonamides is 1. The summed E-state index contributed by atoms with van der Waals surface area (Å²) >= 11 is 12.9. The number of hydrogen-bond acceptors (Lipinski definition) is 4. The van der Waals surface area contributed by atoms with E-state index in [2.05, 4.69) is 5.32 Å². The van der Waals surface area contributed by atoms with Gasteiger partial charge in [-0.25, -0.2) is 8.42 Å². The van der Waals surface area contributed by atoms with E-state index in [1.54, 1.807) is 24.3 Å². The third-order valence-corrected chi connectivity index (χ3v) is 10.5. The van der Waals surface area contributed by atoms with Crippen LogP contribution in [0.5, 0.6) is 0 Å². The van der Waals surface area contributed by atoms with Crippen LogP contribution < -0.4 is 9.62 Å². The van der Waals surface area contributed by atoms with Crippen molar-refractivity contribution in [2.24, 2.45) is 0 Å². The topological polar surface area (TPSA) is 86.8 Å². The molecule has 1 atom stereocenters. The number of carbonyl (C=O) groups excluding carboxylic acids is 2. The molecule has 2 amide bonds. The standard InChI is InChI=1S/C36H37Cl2N3O4S/c37-29-21-22-32(38)33(24-29)41(46(44,45)31-19-11-4-12-20-31)26-35(42)40(25-28-15-7-2-8-16-28)34(23-27-13-5-1-6-14-27)36(43)39-30-17-9-3-10-18-30/h1-2,4-8,11-16,19-22,24,30,34H,3,9-10,17-18,23,25-26H2,(H,39,43)/t34-/m1/s1. The number of rotatable bonds is 12. The molecule has 0 saturated heterocycles. The van der Waals surface area contributed by atoms with E-state index >= 15 is 0 Å². The molecule has 240 valence electrons. The quantitative estimate of drug-likeness (QED) is 0.171. The van der Waals surface area contributed by atoms with Crippen LogP contribution in [-0.4, -0.2) is 43.8 Å². The molecule has 1 fully saturated rings.